The normalized spacial score (nSPS) is 24.5. The lowest BCUT2D eigenvalue weighted by Gasteiger charge is -2.60. The molecular weight excluding hydrogens is 465 g/mol. The lowest BCUT2D eigenvalue weighted by atomic mass is 9.45. The predicted octanol–water partition coefficient (Wildman–Crippen LogP) is 6.90. The lowest BCUT2D eigenvalue weighted by Crippen LogP contribution is -2.54. The van der Waals surface area contributed by atoms with E-state index < -0.39 is 0 Å². The van der Waals surface area contributed by atoms with Crippen molar-refractivity contribution in [2.24, 2.45) is 23.2 Å². The maximum atomic E-state index is 13.5. The monoisotopic (exact) mass is 501 g/mol. The first-order valence-electron chi connectivity index (χ1n) is 13.1. The fourth-order valence-electron chi connectivity index (χ4n) is 6.88. The summed E-state index contributed by atoms with van der Waals surface area (Å²) < 4.78 is 2.08. The molecule has 4 aliphatic carbocycles. The minimum atomic E-state index is -0.00701. The van der Waals surface area contributed by atoms with E-state index in [0.29, 0.717) is 22.9 Å². The van der Waals surface area contributed by atoms with Crippen LogP contribution < -0.4 is 5.32 Å². The summed E-state index contributed by atoms with van der Waals surface area (Å²) in [6.07, 6.45) is 9.78. The van der Waals surface area contributed by atoms with E-state index in [4.69, 9.17) is 28.3 Å². The van der Waals surface area contributed by atoms with Crippen molar-refractivity contribution in [2.75, 3.05) is 12.4 Å². The van der Waals surface area contributed by atoms with Gasteiger partial charge >= 0.3 is 0 Å². The summed E-state index contributed by atoms with van der Waals surface area (Å²) in [6.45, 7) is 6.39. The Morgan fingerprint density at radius 3 is 2.82 bits per heavy atom. The molecule has 3 atom stereocenters. The van der Waals surface area contributed by atoms with Gasteiger partial charge in [-0.25, -0.2) is 0 Å². The zero-order valence-electron chi connectivity index (χ0n) is 20.5. The van der Waals surface area contributed by atoms with Crippen LogP contribution in [0.15, 0.2) is 18.2 Å². The summed E-state index contributed by atoms with van der Waals surface area (Å²) in [5, 5.41) is 8.98. The number of hydrogen-bond donors (Lipinski definition) is 1. The third kappa shape index (κ3) is 4.41. The van der Waals surface area contributed by atoms with Gasteiger partial charge in [0.15, 0.2) is 5.69 Å². The quantitative estimate of drug-likeness (QED) is 0.315. The van der Waals surface area contributed by atoms with E-state index in [1.165, 1.54) is 30.4 Å². The number of aromatic nitrogens is 2. The number of benzene rings is 1. The van der Waals surface area contributed by atoms with Gasteiger partial charge in [-0.2, -0.15) is 5.10 Å². The van der Waals surface area contributed by atoms with E-state index in [9.17, 15) is 4.79 Å². The molecule has 0 aliphatic heterocycles. The molecule has 184 valence electrons. The summed E-state index contributed by atoms with van der Waals surface area (Å²) in [5.41, 5.74) is 5.70. The van der Waals surface area contributed by atoms with Crippen LogP contribution in [0.25, 0.3) is 11.3 Å². The summed E-state index contributed by atoms with van der Waals surface area (Å²) >= 11 is 12.2. The third-order valence-corrected chi connectivity index (χ3v) is 9.49. The molecule has 1 amide bonds. The van der Waals surface area contributed by atoms with Crippen molar-refractivity contribution in [2.45, 2.75) is 78.2 Å². The van der Waals surface area contributed by atoms with Crippen LogP contribution in [0.1, 0.15) is 80.4 Å². The molecule has 34 heavy (non-hydrogen) atoms. The smallest absolute Gasteiger partial charge is 0.272 e. The highest BCUT2D eigenvalue weighted by molar-refractivity contribution is 6.30. The summed E-state index contributed by atoms with van der Waals surface area (Å²) in [5.74, 6) is 2.88. The minimum Gasteiger partial charge on any atom is -0.350 e. The van der Waals surface area contributed by atoms with Crippen LogP contribution in [-0.4, -0.2) is 28.1 Å². The third-order valence-electron chi connectivity index (χ3n) is 8.99. The molecule has 2 aromatic rings. The van der Waals surface area contributed by atoms with Gasteiger partial charge < -0.3 is 5.32 Å². The van der Waals surface area contributed by atoms with Crippen molar-refractivity contribution in [3.8, 4) is 11.3 Å². The molecule has 6 heteroatoms. The number of nitrogens with zero attached hydrogens (tertiary/aromatic N) is 2. The Kier molecular flexibility index (Phi) is 7.01. The first kappa shape index (κ1) is 24.2. The van der Waals surface area contributed by atoms with Crippen molar-refractivity contribution in [3.05, 3.63) is 40.0 Å². The predicted molar refractivity (Wildman–Crippen MR) is 140 cm³/mol. The standard InChI is InChI=1S/C28H37Cl2N3O/c1-28(2)20-10-9-19(24(28)16-20)17-31-27(34)25-23-8-6-7-18-15-21(30)11-12-22(18)26(23)33(32-25)14-5-3-4-13-29/h11-12,15,19-20,24H,3-10,13-14,16-17H2,1-2H3,(H,31,34). The van der Waals surface area contributed by atoms with E-state index in [0.717, 1.165) is 79.7 Å². The van der Waals surface area contributed by atoms with Crippen LogP contribution in [-0.2, 0) is 19.4 Å². The first-order chi connectivity index (χ1) is 16.4. The average molecular weight is 503 g/mol. The van der Waals surface area contributed by atoms with Gasteiger partial charge in [0.05, 0.1) is 5.69 Å². The molecule has 3 fully saturated rings. The molecule has 4 nitrogen and oxygen atoms in total. The fraction of sp³-hybridized carbons (Fsp3) is 0.643. The molecule has 1 heterocycles. The van der Waals surface area contributed by atoms with Crippen LogP contribution in [0, 0.1) is 23.2 Å². The molecule has 3 saturated carbocycles. The molecule has 0 radical (unpaired) electrons. The zero-order valence-corrected chi connectivity index (χ0v) is 22.0. The van der Waals surface area contributed by atoms with E-state index in [-0.39, 0.29) is 5.91 Å². The number of carbonyl (C=O) groups excluding carboxylic acids is 1. The molecule has 1 aromatic heterocycles. The van der Waals surface area contributed by atoms with Gasteiger partial charge in [0.1, 0.15) is 0 Å². The lowest BCUT2D eigenvalue weighted by molar-refractivity contribution is -0.103. The largest absolute Gasteiger partial charge is 0.350 e. The SMILES string of the molecule is CC1(C)C2CCC(CNC(=O)c3nn(CCCCCCl)c4c3CCCc3cc(Cl)ccc3-4)C1C2. The number of alkyl halides is 1. The maximum Gasteiger partial charge on any atom is 0.272 e. The molecule has 3 unspecified atom stereocenters. The van der Waals surface area contributed by atoms with Crippen LogP contribution in [0.2, 0.25) is 5.02 Å². The Hall–Kier alpha value is -1.52. The Morgan fingerprint density at radius 2 is 2.06 bits per heavy atom. The van der Waals surface area contributed by atoms with Gasteiger partial charge in [0.25, 0.3) is 5.91 Å². The number of nitrogens with one attached hydrogen (secondary N) is 1. The number of unbranched alkanes of at least 4 members (excludes halogenated alkanes) is 2. The van der Waals surface area contributed by atoms with Gasteiger partial charge in [0.2, 0.25) is 0 Å². The van der Waals surface area contributed by atoms with Gasteiger partial charge in [0, 0.05) is 35.1 Å². The summed E-state index contributed by atoms with van der Waals surface area (Å²) in [4.78, 5) is 13.5. The number of fused-ring (bicyclic) bond motifs is 5. The van der Waals surface area contributed by atoms with Crippen molar-refractivity contribution < 1.29 is 4.79 Å². The van der Waals surface area contributed by atoms with Crippen molar-refractivity contribution >= 4 is 29.1 Å². The second-order valence-corrected chi connectivity index (χ2v) is 12.0. The molecule has 4 aliphatic rings. The second-order valence-electron chi connectivity index (χ2n) is 11.2. The maximum absolute atomic E-state index is 13.5. The molecule has 0 spiro atoms. The van der Waals surface area contributed by atoms with Crippen LogP contribution in [0.4, 0.5) is 0 Å². The Bertz CT molecular complexity index is 1060. The van der Waals surface area contributed by atoms with E-state index in [1.54, 1.807) is 0 Å². The number of amides is 1. The summed E-state index contributed by atoms with van der Waals surface area (Å²) in [7, 11) is 0. The van der Waals surface area contributed by atoms with Gasteiger partial charge in [-0.1, -0.05) is 37.9 Å². The molecule has 1 aromatic carbocycles. The minimum absolute atomic E-state index is 0.00701. The highest BCUT2D eigenvalue weighted by atomic mass is 35.5. The van der Waals surface area contributed by atoms with Gasteiger partial charge in [-0.3, -0.25) is 9.48 Å². The van der Waals surface area contributed by atoms with Crippen molar-refractivity contribution in [1.29, 1.82) is 0 Å². The van der Waals surface area contributed by atoms with E-state index in [1.807, 2.05) is 6.07 Å². The molecule has 1 N–H and O–H groups in total. The van der Waals surface area contributed by atoms with Crippen molar-refractivity contribution in [3.63, 3.8) is 0 Å². The number of carbonyl (C=O) groups is 1. The second kappa shape index (κ2) is 9.85. The zero-order chi connectivity index (χ0) is 23.9. The highest BCUT2D eigenvalue weighted by Crippen LogP contribution is 2.61. The Morgan fingerprint density at radius 1 is 1.21 bits per heavy atom. The molecule has 6 rings (SSSR count). The van der Waals surface area contributed by atoms with Gasteiger partial charge in [-0.05, 0) is 92.2 Å². The van der Waals surface area contributed by atoms with Gasteiger partial charge in [-0.15, -0.1) is 11.6 Å². The van der Waals surface area contributed by atoms with Crippen LogP contribution in [0.5, 0.6) is 0 Å². The number of hydrogen-bond acceptors (Lipinski definition) is 2. The number of rotatable bonds is 8. The molecule has 0 saturated heterocycles. The number of halogens is 2. The van der Waals surface area contributed by atoms with Crippen LogP contribution in [0.3, 0.4) is 0 Å². The van der Waals surface area contributed by atoms with Crippen molar-refractivity contribution in [1.82, 2.24) is 15.1 Å². The fourth-order valence-corrected chi connectivity index (χ4v) is 7.27. The van der Waals surface area contributed by atoms with E-state index in [2.05, 4.69) is 36.0 Å². The average Bonchev–Trinajstić information content (AvgIpc) is 3.07. The first-order valence-corrected chi connectivity index (χ1v) is 14.0. The Balaban J connectivity index is 1.40. The number of aryl methyl sites for hydroxylation is 2. The molecular formula is C28H37Cl2N3O. The Labute approximate surface area is 213 Å². The highest BCUT2D eigenvalue weighted by Gasteiger charge is 2.54. The van der Waals surface area contributed by atoms with Crippen LogP contribution >= 0.6 is 23.2 Å². The molecule has 2 bridgehead atoms. The summed E-state index contributed by atoms with van der Waals surface area (Å²) in [6, 6.07) is 6.14. The van der Waals surface area contributed by atoms with E-state index >= 15 is 0 Å². The topological polar surface area (TPSA) is 46.9 Å².